The average Bonchev–Trinajstić information content (AvgIpc) is 3.24. The van der Waals surface area contributed by atoms with Gasteiger partial charge in [0.1, 0.15) is 17.4 Å². The van der Waals surface area contributed by atoms with Crippen molar-refractivity contribution >= 4 is 39.9 Å². The first-order valence-corrected chi connectivity index (χ1v) is 11.4. The molecule has 0 atom stereocenters. The van der Waals surface area contributed by atoms with Crippen molar-refractivity contribution in [3.8, 4) is 10.6 Å². The van der Waals surface area contributed by atoms with Gasteiger partial charge in [-0.15, -0.1) is 11.3 Å². The zero-order valence-corrected chi connectivity index (χ0v) is 19.6. The zero-order chi connectivity index (χ0) is 22.1. The summed E-state index contributed by atoms with van der Waals surface area (Å²) < 4.78 is 7.71. The molecule has 4 aromatic rings. The molecule has 31 heavy (non-hydrogen) atoms. The predicted molar refractivity (Wildman–Crippen MR) is 126 cm³/mol. The highest BCUT2D eigenvalue weighted by atomic mass is 35.5. The number of ether oxygens (including phenoxy) is 1. The summed E-state index contributed by atoms with van der Waals surface area (Å²) in [6, 6.07) is 11.8. The standard InChI is InChI=1S/C24H24ClN3O2S/c1-5-28-16(4)27-20-11-17(6-9-21(20)28)13-30-23(29)12-22-15(3)26-24(31-22)19-8-7-18(25)10-14(19)2/h6-11H,5,12-13H2,1-4H3. The number of halogens is 1. The minimum atomic E-state index is -0.263. The number of hydrogen-bond donors (Lipinski definition) is 0. The molecule has 5 nitrogen and oxygen atoms in total. The Kier molecular flexibility index (Phi) is 6.12. The number of benzene rings is 2. The Morgan fingerprint density at radius 3 is 2.68 bits per heavy atom. The van der Waals surface area contributed by atoms with Crippen LogP contribution < -0.4 is 0 Å². The summed E-state index contributed by atoms with van der Waals surface area (Å²) in [5.41, 5.74) is 5.90. The van der Waals surface area contributed by atoms with Gasteiger partial charge in [0.15, 0.2) is 0 Å². The molecule has 0 N–H and O–H groups in total. The van der Waals surface area contributed by atoms with Gasteiger partial charge < -0.3 is 9.30 Å². The number of aromatic nitrogens is 3. The molecular weight excluding hydrogens is 430 g/mol. The van der Waals surface area contributed by atoms with Gasteiger partial charge in [-0.25, -0.2) is 9.97 Å². The van der Waals surface area contributed by atoms with Crippen LogP contribution in [0.25, 0.3) is 21.6 Å². The molecular formula is C24H24ClN3O2S. The molecule has 0 spiro atoms. The second kappa shape index (κ2) is 8.81. The van der Waals surface area contributed by atoms with Crippen molar-refractivity contribution in [1.29, 1.82) is 0 Å². The second-order valence-corrected chi connectivity index (χ2v) is 9.07. The first kappa shape index (κ1) is 21.5. The first-order valence-electron chi connectivity index (χ1n) is 10.2. The number of carbonyl (C=O) groups excluding carboxylic acids is 1. The van der Waals surface area contributed by atoms with E-state index in [1.54, 1.807) is 0 Å². The molecule has 7 heteroatoms. The van der Waals surface area contributed by atoms with E-state index in [1.807, 2.05) is 57.2 Å². The molecule has 0 saturated carbocycles. The van der Waals surface area contributed by atoms with Crippen LogP contribution in [0.1, 0.15) is 34.4 Å². The highest BCUT2D eigenvalue weighted by molar-refractivity contribution is 7.15. The number of esters is 1. The Morgan fingerprint density at radius 2 is 1.94 bits per heavy atom. The lowest BCUT2D eigenvalue weighted by Gasteiger charge is -2.06. The second-order valence-electron chi connectivity index (χ2n) is 7.55. The van der Waals surface area contributed by atoms with Crippen LogP contribution in [0.4, 0.5) is 0 Å². The van der Waals surface area contributed by atoms with Gasteiger partial charge in [0.05, 0.1) is 23.1 Å². The van der Waals surface area contributed by atoms with Crippen molar-refractivity contribution in [3.05, 3.63) is 68.9 Å². The summed E-state index contributed by atoms with van der Waals surface area (Å²) in [5, 5.41) is 1.59. The molecule has 0 fully saturated rings. The van der Waals surface area contributed by atoms with Crippen molar-refractivity contribution in [1.82, 2.24) is 14.5 Å². The highest BCUT2D eigenvalue weighted by Crippen LogP contribution is 2.32. The van der Waals surface area contributed by atoms with E-state index in [-0.39, 0.29) is 19.0 Å². The summed E-state index contributed by atoms with van der Waals surface area (Å²) in [6.07, 6.45) is 0.210. The van der Waals surface area contributed by atoms with Gasteiger partial charge in [-0.3, -0.25) is 4.79 Å². The normalized spacial score (nSPS) is 11.3. The number of nitrogens with zero attached hydrogens (tertiary/aromatic N) is 3. The molecule has 0 unspecified atom stereocenters. The van der Waals surface area contributed by atoms with Gasteiger partial charge in [0.2, 0.25) is 0 Å². The summed E-state index contributed by atoms with van der Waals surface area (Å²) in [7, 11) is 0. The fraction of sp³-hybridized carbons (Fsp3) is 0.292. The molecule has 2 heterocycles. The first-order chi connectivity index (χ1) is 14.9. The van der Waals surface area contributed by atoms with E-state index in [4.69, 9.17) is 16.3 Å². The minimum absolute atomic E-state index is 0.210. The van der Waals surface area contributed by atoms with Crippen LogP contribution in [-0.4, -0.2) is 20.5 Å². The van der Waals surface area contributed by atoms with E-state index in [0.29, 0.717) is 5.02 Å². The lowest BCUT2D eigenvalue weighted by molar-refractivity contribution is -0.144. The maximum atomic E-state index is 12.5. The van der Waals surface area contributed by atoms with E-state index in [2.05, 4.69) is 21.5 Å². The van der Waals surface area contributed by atoms with Crippen LogP contribution in [-0.2, 0) is 29.1 Å². The molecule has 4 rings (SSSR count). The van der Waals surface area contributed by atoms with Crippen molar-refractivity contribution in [2.24, 2.45) is 0 Å². The highest BCUT2D eigenvalue weighted by Gasteiger charge is 2.16. The number of carbonyl (C=O) groups is 1. The molecule has 0 radical (unpaired) electrons. The monoisotopic (exact) mass is 453 g/mol. The molecule has 2 aromatic heterocycles. The number of rotatable bonds is 6. The van der Waals surface area contributed by atoms with Crippen LogP contribution in [0.15, 0.2) is 36.4 Å². The Morgan fingerprint density at radius 1 is 1.13 bits per heavy atom. The third-order valence-corrected chi connectivity index (χ3v) is 6.76. The third-order valence-electron chi connectivity index (χ3n) is 5.34. The maximum absolute atomic E-state index is 12.5. The van der Waals surface area contributed by atoms with Crippen molar-refractivity contribution in [2.75, 3.05) is 0 Å². The number of fused-ring (bicyclic) bond motifs is 1. The largest absolute Gasteiger partial charge is 0.461 e. The maximum Gasteiger partial charge on any atom is 0.311 e. The molecule has 0 amide bonds. The van der Waals surface area contributed by atoms with Crippen molar-refractivity contribution in [2.45, 2.75) is 47.3 Å². The molecule has 160 valence electrons. The van der Waals surface area contributed by atoms with Gasteiger partial charge in [-0.05, 0) is 63.1 Å². The van der Waals surface area contributed by atoms with Crippen LogP contribution in [0.2, 0.25) is 5.02 Å². The van der Waals surface area contributed by atoms with Gasteiger partial charge in [-0.2, -0.15) is 0 Å². The van der Waals surface area contributed by atoms with E-state index in [0.717, 1.165) is 55.7 Å². The molecule has 0 bridgehead atoms. The quantitative estimate of drug-likeness (QED) is 0.334. The molecule has 2 aromatic carbocycles. The summed E-state index contributed by atoms with van der Waals surface area (Å²) in [6.45, 7) is 9.14. The Bertz CT molecular complexity index is 1280. The van der Waals surface area contributed by atoms with E-state index in [1.165, 1.54) is 11.3 Å². The van der Waals surface area contributed by atoms with Crippen LogP contribution >= 0.6 is 22.9 Å². The third kappa shape index (κ3) is 4.50. The summed E-state index contributed by atoms with van der Waals surface area (Å²) in [5.74, 6) is 0.723. The number of thiazole rings is 1. The number of aryl methyl sites for hydroxylation is 4. The Hall–Kier alpha value is -2.70. The van der Waals surface area contributed by atoms with Gasteiger partial charge in [0.25, 0.3) is 0 Å². The lowest BCUT2D eigenvalue weighted by atomic mass is 10.1. The molecule has 0 aliphatic carbocycles. The van der Waals surface area contributed by atoms with Crippen LogP contribution in [0.3, 0.4) is 0 Å². The fourth-order valence-electron chi connectivity index (χ4n) is 3.70. The summed E-state index contributed by atoms with van der Waals surface area (Å²) in [4.78, 5) is 22.7. The van der Waals surface area contributed by atoms with E-state index in [9.17, 15) is 4.79 Å². The van der Waals surface area contributed by atoms with E-state index < -0.39 is 0 Å². The topological polar surface area (TPSA) is 57.0 Å². The van der Waals surface area contributed by atoms with E-state index >= 15 is 0 Å². The minimum Gasteiger partial charge on any atom is -0.461 e. The van der Waals surface area contributed by atoms with Gasteiger partial charge in [-0.1, -0.05) is 23.7 Å². The SMILES string of the molecule is CCn1c(C)nc2cc(COC(=O)Cc3sc(-c4ccc(Cl)cc4C)nc3C)ccc21. The molecule has 0 aliphatic rings. The van der Waals surface area contributed by atoms with Gasteiger partial charge >= 0.3 is 5.97 Å². The predicted octanol–water partition coefficient (Wildman–Crippen LogP) is 6.04. The summed E-state index contributed by atoms with van der Waals surface area (Å²) >= 11 is 7.58. The molecule has 0 saturated heterocycles. The zero-order valence-electron chi connectivity index (χ0n) is 18.0. The Balaban J connectivity index is 1.43. The fourth-order valence-corrected chi connectivity index (χ4v) is 5.07. The van der Waals surface area contributed by atoms with Gasteiger partial charge in [0, 0.05) is 22.0 Å². The lowest BCUT2D eigenvalue weighted by Crippen LogP contribution is -2.07. The number of imidazole rings is 1. The van der Waals surface area contributed by atoms with Crippen LogP contribution in [0, 0.1) is 20.8 Å². The van der Waals surface area contributed by atoms with Crippen LogP contribution in [0.5, 0.6) is 0 Å². The Labute approximate surface area is 190 Å². The van der Waals surface area contributed by atoms with Crippen molar-refractivity contribution in [3.63, 3.8) is 0 Å². The smallest absolute Gasteiger partial charge is 0.311 e. The van der Waals surface area contributed by atoms with Crippen molar-refractivity contribution < 1.29 is 9.53 Å². The average molecular weight is 454 g/mol. The number of hydrogen-bond acceptors (Lipinski definition) is 5. The molecule has 0 aliphatic heterocycles.